The van der Waals surface area contributed by atoms with Gasteiger partial charge < -0.3 is 14.6 Å². The van der Waals surface area contributed by atoms with Gasteiger partial charge in [0.25, 0.3) is 0 Å². The Kier molecular flexibility index (Phi) is 10.1. The molecule has 164 valence electrons. The van der Waals surface area contributed by atoms with Crippen molar-refractivity contribution in [2.24, 2.45) is 0 Å². The van der Waals surface area contributed by atoms with Crippen molar-refractivity contribution < 1.29 is 24.2 Å². The number of benzene rings is 2. The molecule has 0 bridgehead atoms. The van der Waals surface area contributed by atoms with Crippen molar-refractivity contribution in [3.05, 3.63) is 77.4 Å². The third-order valence-corrected chi connectivity index (χ3v) is 4.53. The van der Waals surface area contributed by atoms with Gasteiger partial charge in [-0.2, -0.15) is 0 Å². The van der Waals surface area contributed by atoms with E-state index in [1.165, 1.54) is 12.1 Å². The predicted molar refractivity (Wildman–Crippen MR) is 122 cm³/mol. The number of esters is 2. The van der Waals surface area contributed by atoms with Crippen LogP contribution in [0.25, 0.3) is 6.08 Å². The Morgan fingerprint density at radius 3 is 2.42 bits per heavy atom. The molecule has 0 amide bonds. The number of para-hydroxylation sites is 2. The van der Waals surface area contributed by atoms with Crippen LogP contribution in [0.5, 0.6) is 11.5 Å². The van der Waals surface area contributed by atoms with Gasteiger partial charge in [-0.05, 0) is 37.5 Å². The van der Waals surface area contributed by atoms with E-state index in [0.717, 1.165) is 25.7 Å². The van der Waals surface area contributed by atoms with Gasteiger partial charge in [-0.1, -0.05) is 75.3 Å². The zero-order chi connectivity index (χ0) is 22.5. The van der Waals surface area contributed by atoms with Crippen LogP contribution in [0.4, 0.5) is 0 Å². The topological polar surface area (TPSA) is 72.8 Å². The van der Waals surface area contributed by atoms with Crippen molar-refractivity contribution >= 4 is 18.0 Å². The first-order valence-electron chi connectivity index (χ1n) is 10.7. The van der Waals surface area contributed by atoms with Crippen LogP contribution in [0.15, 0.2) is 60.7 Å². The maximum absolute atomic E-state index is 12.7. The van der Waals surface area contributed by atoms with Crippen LogP contribution in [-0.4, -0.2) is 23.7 Å². The van der Waals surface area contributed by atoms with Crippen LogP contribution in [0, 0.1) is 0 Å². The van der Waals surface area contributed by atoms with Crippen LogP contribution in [0.3, 0.4) is 0 Å². The molecule has 31 heavy (non-hydrogen) atoms. The molecule has 0 unspecified atom stereocenters. The molecule has 0 heterocycles. The van der Waals surface area contributed by atoms with Crippen LogP contribution in [0.1, 0.15) is 72.2 Å². The molecule has 0 fully saturated rings. The van der Waals surface area contributed by atoms with E-state index in [2.05, 4.69) is 6.92 Å². The number of phenolic OH excluding ortho intramolecular Hbond substituents is 1. The molecular formula is C26H30O5. The number of rotatable bonds is 11. The van der Waals surface area contributed by atoms with Gasteiger partial charge in [-0.15, -0.1) is 0 Å². The average molecular weight is 423 g/mol. The lowest BCUT2D eigenvalue weighted by molar-refractivity contribution is 0.0506. The first-order chi connectivity index (χ1) is 15.1. The smallest absolute Gasteiger partial charge is 0.347 e. The number of unbranched alkanes of at least 4 members (excludes halogenated alkanes) is 2. The van der Waals surface area contributed by atoms with Crippen molar-refractivity contribution in [1.29, 1.82) is 0 Å². The number of carbonyl (C=O) groups excluding carboxylic acids is 2. The van der Waals surface area contributed by atoms with Gasteiger partial charge in [0.2, 0.25) is 0 Å². The first kappa shape index (κ1) is 23.9. The van der Waals surface area contributed by atoms with Gasteiger partial charge in [-0.25, -0.2) is 9.59 Å². The van der Waals surface area contributed by atoms with Gasteiger partial charge in [0.1, 0.15) is 16.9 Å². The fourth-order valence-corrected chi connectivity index (χ4v) is 2.87. The molecule has 2 rings (SSSR count). The van der Waals surface area contributed by atoms with E-state index in [1.54, 1.807) is 30.3 Å². The largest absolute Gasteiger partial charge is 0.507 e. The predicted octanol–water partition coefficient (Wildman–Crippen LogP) is 6.33. The molecule has 0 aliphatic rings. The number of aromatic hydroxyl groups is 1. The second kappa shape index (κ2) is 13.1. The summed E-state index contributed by atoms with van der Waals surface area (Å²) in [5.74, 6) is -1.37. The summed E-state index contributed by atoms with van der Waals surface area (Å²) in [5.41, 5.74) is 0.789. The molecule has 0 spiro atoms. The Morgan fingerprint density at radius 1 is 0.903 bits per heavy atom. The number of ether oxygens (including phenoxy) is 2. The summed E-state index contributed by atoms with van der Waals surface area (Å²) in [6, 6.07) is 11.2. The summed E-state index contributed by atoms with van der Waals surface area (Å²) in [6.07, 6.45) is 12.3. The fourth-order valence-electron chi connectivity index (χ4n) is 2.87. The van der Waals surface area contributed by atoms with E-state index in [9.17, 15) is 14.7 Å². The van der Waals surface area contributed by atoms with Gasteiger partial charge in [0, 0.05) is 5.56 Å². The molecule has 0 saturated carbocycles. The van der Waals surface area contributed by atoms with E-state index in [4.69, 9.17) is 9.47 Å². The Balaban J connectivity index is 2.30. The fraction of sp³-hybridized carbons (Fsp3) is 0.308. The lowest BCUT2D eigenvalue weighted by Gasteiger charge is -2.13. The van der Waals surface area contributed by atoms with Crippen LogP contribution < -0.4 is 4.74 Å². The van der Waals surface area contributed by atoms with Crippen LogP contribution in [0.2, 0.25) is 0 Å². The maximum atomic E-state index is 12.7. The van der Waals surface area contributed by atoms with Gasteiger partial charge in [0.15, 0.2) is 5.75 Å². The van der Waals surface area contributed by atoms with Crippen molar-refractivity contribution in [2.45, 2.75) is 46.0 Å². The van der Waals surface area contributed by atoms with Crippen LogP contribution >= 0.6 is 0 Å². The van der Waals surface area contributed by atoms with Crippen LogP contribution in [-0.2, 0) is 4.74 Å². The lowest BCUT2D eigenvalue weighted by atomic mass is 10.1. The molecule has 0 atom stereocenters. The highest BCUT2D eigenvalue weighted by molar-refractivity contribution is 5.98. The molecule has 0 saturated heterocycles. The molecule has 1 N–H and O–H groups in total. The Morgan fingerprint density at radius 2 is 1.68 bits per heavy atom. The molecule has 0 radical (unpaired) electrons. The molecule has 2 aromatic carbocycles. The molecule has 0 aliphatic carbocycles. The summed E-state index contributed by atoms with van der Waals surface area (Å²) in [4.78, 5) is 25.4. The summed E-state index contributed by atoms with van der Waals surface area (Å²) in [5, 5.41) is 9.98. The molecule has 0 aromatic heterocycles. The molecule has 2 aromatic rings. The maximum Gasteiger partial charge on any atom is 0.347 e. The summed E-state index contributed by atoms with van der Waals surface area (Å²) < 4.78 is 11.0. The standard InChI is InChI=1S/C26H30O5/c1-3-5-7-9-14-20-15-13-17-22(25(28)30-19-12-8-6-4-2)24(20)31-26(29)21-16-10-11-18-23(21)27/h6,8-11,13-18,27H,3-5,7,12,19H2,1-2H3. The van der Waals surface area contributed by atoms with E-state index in [1.807, 2.05) is 31.2 Å². The first-order valence-corrected chi connectivity index (χ1v) is 10.7. The molecular weight excluding hydrogens is 392 g/mol. The number of hydrogen-bond donors (Lipinski definition) is 1. The third kappa shape index (κ3) is 7.45. The number of phenols is 1. The lowest BCUT2D eigenvalue weighted by Crippen LogP contribution is -2.14. The van der Waals surface area contributed by atoms with E-state index in [0.29, 0.717) is 12.0 Å². The number of allylic oxidation sites excluding steroid dienone is 2. The Hall–Kier alpha value is -3.34. The summed E-state index contributed by atoms with van der Waals surface area (Å²) in [6.45, 7) is 4.38. The van der Waals surface area contributed by atoms with E-state index in [-0.39, 0.29) is 29.2 Å². The highest BCUT2D eigenvalue weighted by Gasteiger charge is 2.21. The Labute approximate surface area is 184 Å². The van der Waals surface area contributed by atoms with Gasteiger partial charge in [0.05, 0.1) is 6.61 Å². The number of carbonyl (C=O) groups is 2. The van der Waals surface area contributed by atoms with Crippen molar-refractivity contribution in [2.75, 3.05) is 6.61 Å². The van der Waals surface area contributed by atoms with Crippen molar-refractivity contribution in [1.82, 2.24) is 0 Å². The monoisotopic (exact) mass is 422 g/mol. The number of hydrogen-bond acceptors (Lipinski definition) is 5. The summed E-state index contributed by atoms with van der Waals surface area (Å²) >= 11 is 0. The zero-order valence-corrected chi connectivity index (χ0v) is 18.2. The van der Waals surface area contributed by atoms with E-state index >= 15 is 0 Å². The minimum atomic E-state index is -0.743. The highest BCUT2D eigenvalue weighted by Crippen LogP contribution is 2.29. The Bertz CT molecular complexity index is 927. The normalized spacial score (nSPS) is 11.2. The second-order valence-electron chi connectivity index (χ2n) is 6.98. The SMILES string of the molecule is CCC=CCCOC(=O)c1cccc(C=CCCCC)c1OC(=O)c1ccccc1O. The quantitative estimate of drug-likeness (QED) is 0.198. The zero-order valence-electron chi connectivity index (χ0n) is 18.2. The van der Waals surface area contributed by atoms with E-state index < -0.39 is 11.9 Å². The molecule has 5 nitrogen and oxygen atoms in total. The molecule has 5 heteroatoms. The van der Waals surface area contributed by atoms with Crippen molar-refractivity contribution in [3.8, 4) is 11.5 Å². The minimum absolute atomic E-state index is 0.0243. The minimum Gasteiger partial charge on any atom is -0.507 e. The molecule has 0 aliphatic heterocycles. The average Bonchev–Trinajstić information content (AvgIpc) is 2.77. The second-order valence-corrected chi connectivity index (χ2v) is 6.98. The highest BCUT2D eigenvalue weighted by atomic mass is 16.5. The van der Waals surface area contributed by atoms with Crippen molar-refractivity contribution in [3.63, 3.8) is 0 Å². The third-order valence-electron chi connectivity index (χ3n) is 4.53. The summed E-state index contributed by atoms with van der Waals surface area (Å²) in [7, 11) is 0. The van der Waals surface area contributed by atoms with Gasteiger partial charge >= 0.3 is 11.9 Å². The van der Waals surface area contributed by atoms with Gasteiger partial charge in [-0.3, -0.25) is 0 Å².